The fraction of sp³-hybridized carbons (Fsp3) is 0.455. The highest BCUT2D eigenvalue weighted by Crippen LogP contribution is 2.40. The summed E-state index contributed by atoms with van der Waals surface area (Å²) < 4.78 is 0. The maximum atomic E-state index is 12.3. The van der Waals surface area contributed by atoms with E-state index in [0.29, 0.717) is 35.5 Å². The first-order chi connectivity index (χ1) is 13.1. The number of hydrogen-bond acceptors (Lipinski definition) is 4. The highest BCUT2D eigenvalue weighted by molar-refractivity contribution is 7.10. The molecule has 1 N–H and O–H groups in total. The lowest BCUT2D eigenvalue weighted by molar-refractivity contribution is 0.0934. The van der Waals surface area contributed by atoms with Crippen LogP contribution in [0.15, 0.2) is 41.8 Å². The number of benzene rings is 1. The summed E-state index contributed by atoms with van der Waals surface area (Å²) in [4.78, 5) is 16.1. The predicted octanol–water partition coefficient (Wildman–Crippen LogP) is 4.46. The van der Waals surface area contributed by atoms with Gasteiger partial charge in [-0.2, -0.15) is 5.26 Å². The van der Waals surface area contributed by atoms with Gasteiger partial charge in [0, 0.05) is 23.0 Å². The van der Waals surface area contributed by atoms with E-state index in [-0.39, 0.29) is 5.91 Å². The van der Waals surface area contributed by atoms with Crippen LogP contribution in [0.3, 0.4) is 0 Å². The maximum absolute atomic E-state index is 12.3. The van der Waals surface area contributed by atoms with Crippen LogP contribution >= 0.6 is 11.3 Å². The molecule has 1 fully saturated rings. The van der Waals surface area contributed by atoms with E-state index in [1.807, 2.05) is 11.3 Å². The van der Waals surface area contributed by atoms with E-state index >= 15 is 0 Å². The Bertz CT molecular complexity index is 786. The number of hydrogen-bond donors (Lipinski definition) is 1. The summed E-state index contributed by atoms with van der Waals surface area (Å²) >= 11 is 1.85. The first kappa shape index (κ1) is 19.6. The maximum Gasteiger partial charge on any atom is 0.251 e. The van der Waals surface area contributed by atoms with Gasteiger partial charge in [0.1, 0.15) is 0 Å². The molecule has 1 amide bonds. The van der Waals surface area contributed by atoms with Crippen LogP contribution in [0.5, 0.6) is 0 Å². The summed E-state index contributed by atoms with van der Waals surface area (Å²) in [5.41, 5.74) is 1.08. The van der Waals surface area contributed by atoms with Crippen molar-refractivity contribution in [3.8, 4) is 6.07 Å². The average molecular weight is 382 g/mol. The predicted molar refractivity (Wildman–Crippen MR) is 110 cm³/mol. The molecule has 1 aliphatic rings. The third kappa shape index (κ3) is 4.97. The smallest absolute Gasteiger partial charge is 0.251 e. The Hall–Kier alpha value is -2.16. The molecular weight excluding hydrogens is 354 g/mol. The highest BCUT2D eigenvalue weighted by Gasteiger charge is 2.30. The minimum absolute atomic E-state index is 0.0843. The second kappa shape index (κ2) is 9.16. The number of nitriles is 1. The fourth-order valence-corrected chi connectivity index (χ4v) is 5.16. The SMILES string of the molecule is CN(C)C(c1cccs1)C1CCC(CNC(=O)c2cccc(C#N)c2)CC1. The Kier molecular flexibility index (Phi) is 6.65. The number of nitrogens with zero attached hydrogens (tertiary/aromatic N) is 2. The molecular formula is C22H27N3OS. The molecule has 1 saturated carbocycles. The van der Waals surface area contributed by atoms with E-state index in [2.05, 4.69) is 47.9 Å². The van der Waals surface area contributed by atoms with E-state index < -0.39 is 0 Å². The molecule has 4 nitrogen and oxygen atoms in total. The van der Waals surface area contributed by atoms with Crippen molar-refractivity contribution in [1.82, 2.24) is 10.2 Å². The fourth-order valence-electron chi connectivity index (χ4n) is 4.15. The van der Waals surface area contributed by atoms with E-state index in [0.717, 1.165) is 12.8 Å². The quantitative estimate of drug-likeness (QED) is 0.804. The third-order valence-electron chi connectivity index (χ3n) is 5.53. The van der Waals surface area contributed by atoms with Crippen molar-refractivity contribution in [3.05, 3.63) is 57.8 Å². The van der Waals surface area contributed by atoms with Gasteiger partial charge in [0.2, 0.25) is 0 Å². The van der Waals surface area contributed by atoms with Crippen LogP contribution in [0, 0.1) is 23.2 Å². The van der Waals surface area contributed by atoms with Crippen LogP contribution in [0.25, 0.3) is 0 Å². The first-order valence-electron chi connectivity index (χ1n) is 9.56. The molecule has 142 valence electrons. The zero-order valence-electron chi connectivity index (χ0n) is 16.0. The number of nitrogens with one attached hydrogen (secondary N) is 1. The van der Waals surface area contributed by atoms with Crippen LogP contribution in [0.1, 0.15) is 52.5 Å². The molecule has 0 saturated heterocycles. The van der Waals surface area contributed by atoms with Crippen molar-refractivity contribution in [3.63, 3.8) is 0 Å². The van der Waals surface area contributed by atoms with Crippen molar-refractivity contribution >= 4 is 17.2 Å². The van der Waals surface area contributed by atoms with Crippen LogP contribution < -0.4 is 5.32 Å². The molecule has 1 aromatic carbocycles. The van der Waals surface area contributed by atoms with E-state index in [1.165, 1.54) is 17.7 Å². The van der Waals surface area contributed by atoms with Crippen molar-refractivity contribution in [1.29, 1.82) is 5.26 Å². The van der Waals surface area contributed by atoms with Crippen LogP contribution in [0.2, 0.25) is 0 Å². The number of rotatable bonds is 6. The monoisotopic (exact) mass is 381 g/mol. The molecule has 1 atom stereocenters. The molecule has 0 spiro atoms. The third-order valence-corrected chi connectivity index (χ3v) is 6.48. The molecule has 3 rings (SSSR count). The zero-order chi connectivity index (χ0) is 19.2. The van der Waals surface area contributed by atoms with E-state index in [9.17, 15) is 4.79 Å². The van der Waals surface area contributed by atoms with E-state index in [1.54, 1.807) is 24.3 Å². The largest absolute Gasteiger partial charge is 0.352 e. The standard InChI is InChI=1S/C22H27N3OS/c1-25(2)21(20-7-4-12-27-20)18-10-8-16(9-11-18)15-24-22(26)19-6-3-5-17(13-19)14-23/h3-7,12-13,16,18,21H,8-11,15H2,1-2H3,(H,24,26). The summed E-state index contributed by atoms with van der Waals surface area (Å²) in [6.45, 7) is 0.716. The topological polar surface area (TPSA) is 56.1 Å². The lowest BCUT2D eigenvalue weighted by Crippen LogP contribution is -2.34. The van der Waals surface area contributed by atoms with Crippen molar-refractivity contribution in [2.24, 2.45) is 11.8 Å². The minimum atomic E-state index is -0.0843. The van der Waals surface area contributed by atoms with E-state index in [4.69, 9.17) is 5.26 Å². The summed E-state index contributed by atoms with van der Waals surface area (Å²) in [6.07, 6.45) is 4.70. The molecule has 2 aromatic rings. The van der Waals surface area contributed by atoms with Gasteiger partial charge in [-0.25, -0.2) is 0 Å². The second-order valence-corrected chi connectivity index (χ2v) is 8.59. The van der Waals surface area contributed by atoms with Gasteiger partial charge < -0.3 is 10.2 Å². The molecule has 1 unspecified atom stereocenters. The Morgan fingerprint density at radius 3 is 2.67 bits per heavy atom. The lowest BCUT2D eigenvalue weighted by Gasteiger charge is -2.37. The summed E-state index contributed by atoms with van der Waals surface area (Å²) in [6, 6.07) is 13.8. The van der Waals surface area contributed by atoms with Crippen molar-refractivity contribution in [2.75, 3.05) is 20.6 Å². The minimum Gasteiger partial charge on any atom is -0.352 e. The Morgan fingerprint density at radius 2 is 2.04 bits per heavy atom. The van der Waals surface area contributed by atoms with Gasteiger partial charge in [-0.1, -0.05) is 12.1 Å². The zero-order valence-corrected chi connectivity index (χ0v) is 16.8. The average Bonchev–Trinajstić information content (AvgIpc) is 3.21. The number of carbonyl (C=O) groups excluding carboxylic acids is 1. The van der Waals surface area contributed by atoms with Crippen molar-refractivity contribution in [2.45, 2.75) is 31.7 Å². The molecule has 1 heterocycles. The highest BCUT2D eigenvalue weighted by atomic mass is 32.1. The molecule has 0 aliphatic heterocycles. The van der Waals surface area contributed by atoms with Crippen molar-refractivity contribution < 1.29 is 4.79 Å². The van der Waals surface area contributed by atoms with Gasteiger partial charge in [0.25, 0.3) is 5.91 Å². The lowest BCUT2D eigenvalue weighted by atomic mass is 9.77. The summed E-state index contributed by atoms with van der Waals surface area (Å²) in [5, 5.41) is 14.2. The van der Waals surface area contributed by atoms with Gasteiger partial charge in [-0.3, -0.25) is 4.79 Å². The van der Waals surface area contributed by atoms with Gasteiger partial charge in [-0.15, -0.1) is 11.3 Å². The number of carbonyl (C=O) groups is 1. The Morgan fingerprint density at radius 1 is 1.26 bits per heavy atom. The number of thiophene rings is 1. The molecule has 27 heavy (non-hydrogen) atoms. The van der Waals surface area contributed by atoms with Gasteiger partial charge in [-0.05, 0) is 81.3 Å². The molecule has 1 aromatic heterocycles. The first-order valence-corrected chi connectivity index (χ1v) is 10.4. The van der Waals surface area contributed by atoms with Gasteiger partial charge in [0.05, 0.1) is 11.6 Å². The summed E-state index contributed by atoms with van der Waals surface area (Å²) in [5.74, 6) is 1.13. The van der Waals surface area contributed by atoms with Gasteiger partial charge >= 0.3 is 0 Å². The Labute approximate surface area is 165 Å². The molecule has 0 bridgehead atoms. The van der Waals surface area contributed by atoms with Crippen LogP contribution in [-0.4, -0.2) is 31.4 Å². The molecule has 1 aliphatic carbocycles. The Balaban J connectivity index is 1.51. The van der Waals surface area contributed by atoms with Crippen LogP contribution in [-0.2, 0) is 0 Å². The molecule has 5 heteroatoms. The van der Waals surface area contributed by atoms with Crippen LogP contribution in [0.4, 0.5) is 0 Å². The normalized spacial score (nSPS) is 20.8. The van der Waals surface area contributed by atoms with Gasteiger partial charge in [0.15, 0.2) is 0 Å². The summed E-state index contributed by atoms with van der Waals surface area (Å²) in [7, 11) is 4.35. The second-order valence-electron chi connectivity index (χ2n) is 7.61. The molecule has 0 radical (unpaired) electrons. The number of amides is 1.